The van der Waals surface area contributed by atoms with Crippen LogP contribution in [0.4, 0.5) is 0 Å². The highest BCUT2D eigenvalue weighted by atomic mass is 32.2. The maximum atomic E-state index is 13.8. The maximum Gasteiger partial charge on any atom is 0.306 e. The molecule has 2 N–H and O–H groups in total. The number of hydrogen-bond donors (Lipinski definition) is 2. The Labute approximate surface area is 313 Å². The second-order valence-electron chi connectivity index (χ2n) is 15.3. The molecule has 1 rings (SSSR count). The Morgan fingerprint density at radius 1 is 0.700 bits per heavy atom. The van der Waals surface area contributed by atoms with E-state index >= 15 is 0 Å². The minimum absolute atomic E-state index is 0.0304. The van der Waals surface area contributed by atoms with Gasteiger partial charge in [-0.25, -0.2) is 0 Å². The van der Waals surface area contributed by atoms with Crippen LogP contribution in [0.5, 0.6) is 0 Å². The molecular formula is C42H81N3O4S. The van der Waals surface area contributed by atoms with Gasteiger partial charge >= 0.3 is 5.97 Å². The summed E-state index contributed by atoms with van der Waals surface area (Å²) < 4.78 is 5.59. The molecule has 1 saturated heterocycles. The smallest absolute Gasteiger partial charge is 0.306 e. The van der Waals surface area contributed by atoms with Gasteiger partial charge < -0.3 is 20.3 Å². The van der Waals surface area contributed by atoms with Crippen LogP contribution in [0.25, 0.3) is 0 Å². The van der Waals surface area contributed by atoms with Crippen molar-refractivity contribution in [3.63, 3.8) is 0 Å². The van der Waals surface area contributed by atoms with E-state index in [1.165, 1.54) is 83.5 Å². The van der Waals surface area contributed by atoms with Crippen LogP contribution in [0, 0.1) is 17.8 Å². The summed E-state index contributed by atoms with van der Waals surface area (Å²) in [5, 5.41) is 6.45. The number of thioether (sulfide) groups is 1. The SMILES string of the molecule is CCCCCCCCCCC(CCCCCCCC)C(=O)NC(CCSCCC(=O)OCC(CC)CCCC)C(=O)NCC1CCN(C)CC1. The molecule has 0 bridgehead atoms. The molecule has 0 radical (unpaired) electrons. The largest absolute Gasteiger partial charge is 0.465 e. The first-order valence-corrected chi connectivity index (χ1v) is 22.5. The molecule has 0 saturated carbocycles. The first-order chi connectivity index (χ1) is 24.3. The number of amides is 2. The number of rotatable bonds is 33. The molecule has 1 aliphatic heterocycles. The summed E-state index contributed by atoms with van der Waals surface area (Å²) in [6, 6.07) is -0.539. The van der Waals surface area contributed by atoms with Crippen molar-refractivity contribution in [1.29, 1.82) is 0 Å². The Bertz CT molecular complexity index is 836. The molecule has 1 fully saturated rings. The number of carbonyl (C=O) groups is 3. The number of hydrogen-bond acceptors (Lipinski definition) is 6. The summed E-state index contributed by atoms with van der Waals surface area (Å²) in [7, 11) is 2.16. The Morgan fingerprint density at radius 2 is 1.26 bits per heavy atom. The van der Waals surface area contributed by atoms with Gasteiger partial charge in [-0.3, -0.25) is 14.4 Å². The second kappa shape index (κ2) is 32.4. The zero-order chi connectivity index (χ0) is 36.7. The van der Waals surface area contributed by atoms with Gasteiger partial charge in [0.25, 0.3) is 0 Å². The highest BCUT2D eigenvalue weighted by Crippen LogP contribution is 2.21. The van der Waals surface area contributed by atoms with Gasteiger partial charge in [-0.2, -0.15) is 11.8 Å². The number of piperidine rings is 1. The van der Waals surface area contributed by atoms with Gasteiger partial charge in [0.15, 0.2) is 0 Å². The van der Waals surface area contributed by atoms with Gasteiger partial charge in [0, 0.05) is 18.2 Å². The number of ether oxygens (including phenoxy) is 1. The standard InChI is InChI=1S/C42H81N3O4S/c1-6-10-13-15-17-18-20-22-25-38(24-21-19-16-14-11-7-2)41(47)44-39(42(48)43-34-37-26-30-45(5)31-27-37)28-32-50-33-29-40(46)49-35-36(9-4)23-12-8-3/h36-39H,6-35H2,1-5H3,(H,43,48)(H,44,47). The minimum atomic E-state index is -0.539. The van der Waals surface area contributed by atoms with Crippen LogP contribution in [0.3, 0.4) is 0 Å². The molecule has 0 aromatic rings. The van der Waals surface area contributed by atoms with Gasteiger partial charge in [-0.15, -0.1) is 0 Å². The maximum absolute atomic E-state index is 13.8. The Hall–Kier alpha value is -1.28. The van der Waals surface area contributed by atoms with Crippen LogP contribution in [0.2, 0.25) is 0 Å². The fourth-order valence-corrected chi connectivity index (χ4v) is 7.85. The van der Waals surface area contributed by atoms with Crippen molar-refractivity contribution >= 4 is 29.5 Å². The highest BCUT2D eigenvalue weighted by molar-refractivity contribution is 7.99. The van der Waals surface area contributed by atoms with E-state index in [1.807, 2.05) is 0 Å². The summed E-state index contributed by atoms with van der Waals surface area (Å²) in [5.74, 6) is 2.16. The van der Waals surface area contributed by atoms with Crippen molar-refractivity contribution in [2.75, 3.05) is 44.8 Å². The molecule has 0 aliphatic carbocycles. The summed E-state index contributed by atoms with van der Waals surface area (Å²) in [6.45, 7) is 12.2. The van der Waals surface area contributed by atoms with Gasteiger partial charge in [0.05, 0.1) is 13.0 Å². The lowest BCUT2D eigenvalue weighted by Gasteiger charge is -2.29. The molecule has 3 unspecified atom stereocenters. The van der Waals surface area contributed by atoms with Crippen molar-refractivity contribution in [1.82, 2.24) is 15.5 Å². The predicted octanol–water partition coefficient (Wildman–Crippen LogP) is 10.1. The lowest BCUT2D eigenvalue weighted by molar-refractivity contribution is -0.144. The number of unbranched alkanes of at least 4 members (excludes halogenated alkanes) is 13. The Morgan fingerprint density at radius 3 is 1.82 bits per heavy atom. The summed E-state index contributed by atoms with van der Waals surface area (Å²) in [4.78, 5) is 42.2. The van der Waals surface area contributed by atoms with Crippen LogP contribution >= 0.6 is 11.8 Å². The van der Waals surface area contributed by atoms with E-state index in [1.54, 1.807) is 11.8 Å². The highest BCUT2D eigenvalue weighted by Gasteiger charge is 2.26. The van der Waals surface area contributed by atoms with E-state index in [0.29, 0.717) is 49.3 Å². The van der Waals surface area contributed by atoms with Gasteiger partial charge in [-0.05, 0) is 76.3 Å². The van der Waals surface area contributed by atoms with Crippen molar-refractivity contribution in [3.8, 4) is 0 Å². The number of carbonyl (C=O) groups excluding carboxylic acids is 3. The summed E-state index contributed by atoms with van der Waals surface area (Å²) in [5.41, 5.74) is 0. The predicted molar refractivity (Wildman–Crippen MR) is 215 cm³/mol. The number of nitrogens with one attached hydrogen (secondary N) is 2. The van der Waals surface area contributed by atoms with E-state index in [0.717, 1.165) is 70.9 Å². The molecule has 8 heteroatoms. The fourth-order valence-electron chi connectivity index (χ4n) is 6.93. The molecule has 294 valence electrons. The molecule has 1 heterocycles. The van der Waals surface area contributed by atoms with Crippen LogP contribution in [0.15, 0.2) is 0 Å². The molecule has 7 nitrogen and oxygen atoms in total. The zero-order valence-electron chi connectivity index (χ0n) is 33.5. The van der Waals surface area contributed by atoms with Crippen LogP contribution in [-0.4, -0.2) is 73.5 Å². The third kappa shape index (κ3) is 24.8. The van der Waals surface area contributed by atoms with Crippen LogP contribution in [-0.2, 0) is 19.1 Å². The molecule has 0 aromatic heterocycles. The number of nitrogens with zero attached hydrogens (tertiary/aromatic N) is 1. The van der Waals surface area contributed by atoms with Crippen molar-refractivity contribution in [2.24, 2.45) is 17.8 Å². The van der Waals surface area contributed by atoms with Crippen molar-refractivity contribution in [2.45, 2.75) is 188 Å². The second-order valence-corrected chi connectivity index (χ2v) is 16.5. The normalized spacial score (nSPS) is 15.8. The quantitative estimate of drug-likeness (QED) is 0.0518. The third-order valence-electron chi connectivity index (χ3n) is 10.7. The topological polar surface area (TPSA) is 87.7 Å². The van der Waals surface area contributed by atoms with Gasteiger partial charge in [0.1, 0.15) is 6.04 Å². The molecule has 2 amide bonds. The molecule has 3 atom stereocenters. The first-order valence-electron chi connectivity index (χ1n) is 21.3. The molecule has 0 aromatic carbocycles. The minimum Gasteiger partial charge on any atom is -0.465 e. The lowest BCUT2D eigenvalue weighted by atomic mass is 9.92. The summed E-state index contributed by atoms with van der Waals surface area (Å²) >= 11 is 1.67. The van der Waals surface area contributed by atoms with Crippen LogP contribution in [0.1, 0.15) is 182 Å². The van der Waals surface area contributed by atoms with E-state index in [2.05, 4.69) is 50.3 Å². The fraction of sp³-hybridized carbons (Fsp3) is 0.929. The molecular weight excluding hydrogens is 643 g/mol. The van der Waals surface area contributed by atoms with Gasteiger partial charge in [0.2, 0.25) is 11.8 Å². The zero-order valence-corrected chi connectivity index (χ0v) is 34.3. The van der Waals surface area contributed by atoms with Crippen LogP contribution < -0.4 is 10.6 Å². The molecule has 50 heavy (non-hydrogen) atoms. The van der Waals surface area contributed by atoms with E-state index in [9.17, 15) is 14.4 Å². The average molecular weight is 724 g/mol. The lowest BCUT2D eigenvalue weighted by Crippen LogP contribution is -2.50. The molecule has 1 aliphatic rings. The van der Waals surface area contributed by atoms with E-state index < -0.39 is 6.04 Å². The Kier molecular flexibility index (Phi) is 30.3. The number of esters is 1. The molecule has 0 spiro atoms. The monoisotopic (exact) mass is 724 g/mol. The van der Waals surface area contributed by atoms with Crippen molar-refractivity contribution in [3.05, 3.63) is 0 Å². The van der Waals surface area contributed by atoms with Crippen molar-refractivity contribution < 1.29 is 19.1 Å². The number of likely N-dealkylation sites (tertiary alicyclic amines) is 1. The Balaban J connectivity index is 2.72. The third-order valence-corrected chi connectivity index (χ3v) is 11.8. The average Bonchev–Trinajstić information content (AvgIpc) is 3.12. The van der Waals surface area contributed by atoms with Gasteiger partial charge in [-0.1, -0.05) is 137 Å². The van der Waals surface area contributed by atoms with E-state index in [-0.39, 0.29) is 23.7 Å². The summed E-state index contributed by atoms with van der Waals surface area (Å²) in [6.07, 6.45) is 26.8. The van der Waals surface area contributed by atoms with E-state index in [4.69, 9.17) is 4.74 Å². The first kappa shape index (κ1) is 46.7.